The third-order valence-corrected chi connectivity index (χ3v) is 4.68. The van der Waals surface area contributed by atoms with Gasteiger partial charge in [-0.15, -0.1) is 0 Å². The second kappa shape index (κ2) is 11.9. The molecule has 0 radical (unpaired) electrons. The lowest BCUT2D eigenvalue weighted by molar-refractivity contribution is 0.178. The first-order chi connectivity index (χ1) is 14.6. The number of ether oxygens (including phenoxy) is 1. The van der Waals surface area contributed by atoms with E-state index >= 15 is 0 Å². The Morgan fingerprint density at radius 1 is 0.581 bits per heavy atom. The van der Waals surface area contributed by atoms with Gasteiger partial charge in [-0.3, -0.25) is 0 Å². The third-order valence-electron chi connectivity index (χ3n) is 4.68. The summed E-state index contributed by atoms with van der Waals surface area (Å²) in [6.07, 6.45) is -1.37. The Labute approximate surface area is 186 Å². The second-order valence-corrected chi connectivity index (χ2v) is 8.84. The van der Waals surface area contributed by atoms with Crippen LogP contribution < -0.4 is 14.5 Å². The highest BCUT2D eigenvalue weighted by atomic mass is 16.5. The SMILES string of the molecule is CC(C)CN(CC(C)O)c1ccc(Oc2ccc(N(CC(C)O)CC(C)O)cc2)cc1. The summed E-state index contributed by atoms with van der Waals surface area (Å²) < 4.78 is 5.99. The molecule has 0 amide bonds. The Hall–Kier alpha value is -2.28. The topological polar surface area (TPSA) is 76.4 Å². The van der Waals surface area contributed by atoms with Crippen LogP contribution in [0.2, 0.25) is 0 Å². The molecular formula is C25H38N2O4. The molecule has 0 saturated heterocycles. The lowest BCUT2D eigenvalue weighted by atomic mass is 10.1. The van der Waals surface area contributed by atoms with Crippen LogP contribution in [0.4, 0.5) is 11.4 Å². The maximum Gasteiger partial charge on any atom is 0.127 e. The van der Waals surface area contributed by atoms with Gasteiger partial charge < -0.3 is 29.9 Å². The molecule has 0 aliphatic carbocycles. The molecule has 0 saturated carbocycles. The van der Waals surface area contributed by atoms with E-state index in [2.05, 4.69) is 18.7 Å². The summed E-state index contributed by atoms with van der Waals surface area (Å²) in [7, 11) is 0. The van der Waals surface area contributed by atoms with Crippen molar-refractivity contribution < 1.29 is 20.1 Å². The molecular weight excluding hydrogens is 392 g/mol. The van der Waals surface area contributed by atoms with Gasteiger partial charge in [0.2, 0.25) is 0 Å². The average molecular weight is 431 g/mol. The van der Waals surface area contributed by atoms with E-state index in [9.17, 15) is 15.3 Å². The highest BCUT2D eigenvalue weighted by molar-refractivity contribution is 5.52. The number of nitrogens with zero attached hydrogens (tertiary/aromatic N) is 2. The molecule has 0 fully saturated rings. The maximum atomic E-state index is 9.81. The van der Waals surface area contributed by atoms with Crippen molar-refractivity contribution in [2.75, 3.05) is 36.0 Å². The van der Waals surface area contributed by atoms with Crippen molar-refractivity contribution in [2.24, 2.45) is 5.92 Å². The van der Waals surface area contributed by atoms with Crippen LogP contribution in [-0.4, -0.2) is 59.8 Å². The lowest BCUT2D eigenvalue weighted by Gasteiger charge is -2.28. The highest BCUT2D eigenvalue weighted by Gasteiger charge is 2.13. The Morgan fingerprint density at radius 3 is 1.19 bits per heavy atom. The number of hydrogen-bond acceptors (Lipinski definition) is 6. The minimum Gasteiger partial charge on any atom is -0.457 e. The fourth-order valence-corrected chi connectivity index (χ4v) is 3.55. The van der Waals surface area contributed by atoms with Gasteiger partial charge in [0.15, 0.2) is 0 Å². The first-order valence-electron chi connectivity index (χ1n) is 11.1. The van der Waals surface area contributed by atoms with Gasteiger partial charge in [0, 0.05) is 37.6 Å². The molecule has 0 spiro atoms. The number of benzene rings is 2. The van der Waals surface area contributed by atoms with Crippen molar-refractivity contribution in [3.05, 3.63) is 48.5 Å². The minimum atomic E-state index is -0.489. The molecule has 2 rings (SSSR count). The van der Waals surface area contributed by atoms with Gasteiger partial charge in [0.1, 0.15) is 11.5 Å². The van der Waals surface area contributed by atoms with Gasteiger partial charge in [-0.2, -0.15) is 0 Å². The van der Waals surface area contributed by atoms with E-state index < -0.39 is 18.3 Å². The molecule has 2 aromatic rings. The van der Waals surface area contributed by atoms with Crippen LogP contribution in [0, 0.1) is 5.92 Å². The van der Waals surface area contributed by atoms with Crippen LogP contribution in [0.15, 0.2) is 48.5 Å². The molecule has 0 aromatic heterocycles. The van der Waals surface area contributed by atoms with Crippen LogP contribution >= 0.6 is 0 Å². The summed E-state index contributed by atoms with van der Waals surface area (Å²) in [5.74, 6) is 1.95. The Bertz CT molecular complexity index is 673. The zero-order valence-electron chi connectivity index (χ0n) is 19.4. The molecule has 2 aromatic carbocycles. The predicted molar refractivity (Wildman–Crippen MR) is 127 cm³/mol. The molecule has 172 valence electrons. The Morgan fingerprint density at radius 2 is 0.903 bits per heavy atom. The number of aliphatic hydroxyl groups is 3. The zero-order valence-corrected chi connectivity index (χ0v) is 19.4. The first kappa shape index (κ1) is 25.0. The summed E-state index contributed by atoms with van der Waals surface area (Å²) in [6.45, 7) is 12.0. The van der Waals surface area contributed by atoms with Crippen molar-refractivity contribution in [2.45, 2.75) is 52.9 Å². The van der Waals surface area contributed by atoms with E-state index in [-0.39, 0.29) is 0 Å². The molecule has 0 aliphatic rings. The van der Waals surface area contributed by atoms with Crippen LogP contribution in [0.25, 0.3) is 0 Å². The summed E-state index contributed by atoms with van der Waals surface area (Å²) >= 11 is 0. The second-order valence-electron chi connectivity index (χ2n) is 8.84. The molecule has 31 heavy (non-hydrogen) atoms. The molecule has 0 aliphatic heterocycles. The smallest absolute Gasteiger partial charge is 0.127 e. The van der Waals surface area contributed by atoms with Crippen molar-refractivity contribution in [3.8, 4) is 11.5 Å². The third kappa shape index (κ3) is 8.77. The fraction of sp³-hybridized carbons (Fsp3) is 0.520. The van der Waals surface area contributed by atoms with Gasteiger partial charge in [0.25, 0.3) is 0 Å². The summed E-state index contributed by atoms with van der Waals surface area (Å²) in [6, 6.07) is 15.5. The summed E-state index contributed by atoms with van der Waals surface area (Å²) in [5.41, 5.74) is 1.98. The van der Waals surface area contributed by atoms with Crippen LogP contribution in [0.3, 0.4) is 0 Å². The molecule has 6 nitrogen and oxygen atoms in total. The molecule has 3 N–H and O–H groups in total. The van der Waals surface area contributed by atoms with Crippen molar-refractivity contribution in [1.29, 1.82) is 0 Å². The van der Waals surface area contributed by atoms with Crippen molar-refractivity contribution >= 4 is 11.4 Å². The summed E-state index contributed by atoms with van der Waals surface area (Å²) in [4.78, 5) is 4.15. The molecule has 0 heterocycles. The standard InChI is InChI=1S/C25H38N2O4/c1-18(2)14-26(15-19(3)28)22-6-10-24(11-7-22)31-25-12-8-23(9-13-25)27(16-20(4)29)17-21(5)30/h6-13,18-21,28-30H,14-17H2,1-5H3. The van der Waals surface area contributed by atoms with Gasteiger partial charge in [-0.1, -0.05) is 13.8 Å². The predicted octanol–water partition coefficient (Wildman–Crippen LogP) is 3.89. The first-order valence-corrected chi connectivity index (χ1v) is 11.1. The van der Waals surface area contributed by atoms with Gasteiger partial charge >= 0.3 is 0 Å². The van der Waals surface area contributed by atoms with Crippen molar-refractivity contribution in [3.63, 3.8) is 0 Å². The van der Waals surface area contributed by atoms with E-state index in [0.29, 0.717) is 31.3 Å². The zero-order chi connectivity index (χ0) is 23.0. The van der Waals surface area contributed by atoms with Crippen LogP contribution in [0.5, 0.6) is 11.5 Å². The number of aliphatic hydroxyl groups excluding tert-OH is 3. The monoisotopic (exact) mass is 430 g/mol. The molecule has 6 heteroatoms. The molecule has 3 atom stereocenters. The van der Waals surface area contributed by atoms with Gasteiger partial charge in [-0.25, -0.2) is 0 Å². The number of anilines is 2. The molecule has 0 bridgehead atoms. The van der Waals surface area contributed by atoms with E-state index in [1.165, 1.54) is 0 Å². The average Bonchev–Trinajstić information content (AvgIpc) is 2.67. The normalized spacial score (nSPS) is 14.2. The van der Waals surface area contributed by atoms with E-state index in [1.54, 1.807) is 20.8 Å². The lowest BCUT2D eigenvalue weighted by Crippen LogP contribution is -2.36. The van der Waals surface area contributed by atoms with Crippen LogP contribution in [0.1, 0.15) is 34.6 Å². The van der Waals surface area contributed by atoms with Crippen molar-refractivity contribution in [1.82, 2.24) is 0 Å². The largest absolute Gasteiger partial charge is 0.457 e. The van der Waals surface area contributed by atoms with Crippen LogP contribution in [-0.2, 0) is 0 Å². The fourth-order valence-electron chi connectivity index (χ4n) is 3.55. The summed E-state index contributed by atoms with van der Waals surface area (Å²) in [5, 5.41) is 29.3. The van der Waals surface area contributed by atoms with E-state index in [0.717, 1.165) is 23.7 Å². The van der Waals surface area contributed by atoms with E-state index in [4.69, 9.17) is 4.74 Å². The number of hydrogen-bond donors (Lipinski definition) is 3. The highest BCUT2D eigenvalue weighted by Crippen LogP contribution is 2.27. The Kier molecular flexibility index (Phi) is 9.62. The molecule has 3 unspecified atom stereocenters. The quantitative estimate of drug-likeness (QED) is 0.474. The van der Waals surface area contributed by atoms with E-state index in [1.807, 2.05) is 53.4 Å². The van der Waals surface area contributed by atoms with Gasteiger partial charge in [0.05, 0.1) is 18.3 Å². The maximum absolute atomic E-state index is 9.81. The van der Waals surface area contributed by atoms with Gasteiger partial charge in [-0.05, 0) is 75.2 Å². The Balaban J connectivity index is 2.07. The minimum absolute atomic E-state index is 0.393. The number of rotatable bonds is 12.